The van der Waals surface area contributed by atoms with Crippen molar-refractivity contribution in [3.63, 3.8) is 0 Å². The van der Waals surface area contributed by atoms with E-state index in [1.807, 2.05) is 0 Å². The standard InChI is InChI=1S/C28H29F3N4O7/c1-4-40-22(36)14-13-20(26(38)41-5-2)35-25(37)16-7-10-18(11-8-16)32-24-23(27(39)42-6-3)33-19-12-9-17(28(29,30)31)15-21(19)34-24/h7-12,15,20H,4-6,13-14H2,1-3H3,(H,32,34)(H,35,37). The van der Waals surface area contributed by atoms with E-state index in [0.29, 0.717) is 5.69 Å². The predicted molar refractivity (Wildman–Crippen MR) is 144 cm³/mol. The fourth-order valence-electron chi connectivity index (χ4n) is 3.73. The van der Waals surface area contributed by atoms with Gasteiger partial charge in [0.1, 0.15) is 6.04 Å². The van der Waals surface area contributed by atoms with Gasteiger partial charge in [0.2, 0.25) is 0 Å². The number of fused-ring (bicyclic) bond motifs is 1. The molecule has 0 spiro atoms. The number of rotatable bonds is 12. The van der Waals surface area contributed by atoms with E-state index in [-0.39, 0.29) is 60.8 Å². The Morgan fingerprint density at radius 2 is 1.52 bits per heavy atom. The van der Waals surface area contributed by atoms with Gasteiger partial charge in [0.15, 0.2) is 11.5 Å². The second kappa shape index (κ2) is 14.2. The number of hydrogen-bond acceptors (Lipinski definition) is 10. The third-order valence-electron chi connectivity index (χ3n) is 5.69. The highest BCUT2D eigenvalue weighted by atomic mass is 19.4. The van der Waals surface area contributed by atoms with Crippen LogP contribution in [0.5, 0.6) is 0 Å². The van der Waals surface area contributed by atoms with E-state index < -0.39 is 41.6 Å². The molecule has 1 heterocycles. The van der Waals surface area contributed by atoms with Crippen LogP contribution in [0.3, 0.4) is 0 Å². The number of alkyl halides is 3. The molecule has 1 unspecified atom stereocenters. The molecule has 0 saturated heterocycles. The first-order chi connectivity index (χ1) is 20.0. The molecular weight excluding hydrogens is 561 g/mol. The number of carbonyl (C=O) groups is 4. The van der Waals surface area contributed by atoms with Gasteiger partial charge >= 0.3 is 24.1 Å². The number of halogens is 3. The Morgan fingerprint density at radius 1 is 0.857 bits per heavy atom. The molecule has 1 amide bonds. The van der Waals surface area contributed by atoms with Crippen LogP contribution in [0.4, 0.5) is 24.7 Å². The first-order valence-corrected chi connectivity index (χ1v) is 13.0. The van der Waals surface area contributed by atoms with Gasteiger partial charge in [0.25, 0.3) is 5.91 Å². The molecule has 224 valence electrons. The number of nitrogens with one attached hydrogen (secondary N) is 2. The van der Waals surface area contributed by atoms with Gasteiger partial charge in [0, 0.05) is 17.7 Å². The molecule has 42 heavy (non-hydrogen) atoms. The maximum absolute atomic E-state index is 13.2. The summed E-state index contributed by atoms with van der Waals surface area (Å²) in [6.07, 6.45) is -4.75. The Hall–Kier alpha value is -4.75. The predicted octanol–water partition coefficient (Wildman–Crippen LogP) is 4.57. The average Bonchev–Trinajstić information content (AvgIpc) is 2.94. The van der Waals surface area contributed by atoms with Crippen LogP contribution in [0.2, 0.25) is 0 Å². The number of esters is 3. The van der Waals surface area contributed by atoms with Gasteiger partial charge in [-0.1, -0.05) is 0 Å². The van der Waals surface area contributed by atoms with E-state index in [1.54, 1.807) is 20.8 Å². The van der Waals surface area contributed by atoms with Gasteiger partial charge in [-0.2, -0.15) is 13.2 Å². The maximum Gasteiger partial charge on any atom is 0.416 e. The fraction of sp³-hybridized carbons (Fsp3) is 0.357. The molecule has 3 aromatic rings. The third kappa shape index (κ3) is 8.38. The minimum Gasteiger partial charge on any atom is -0.466 e. The number of hydrogen-bond donors (Lipinski definition) is 2. The van der Waals surface area contributed by atoms with Gasteiger partial charge in [-0.25, -0.2) is 19.6 Å². The van der Waals surface area contributed by atoms with Gasteiger partial charge in [-0.05, 0) is 69.7 Å². The van der Waals surface area contributed by atoms with Gasteiger partial charge < -0.3 is 24.8 Å². The summed E-state index contributed by atoms with van der Waals surface area (Å²) in [6, 6.07) is 7.41. The number of aromatic nitrogens is 2. The van der Waals surface area contributed by atoms with Gasteiger partial charge in [0.05, 0.1) is 36.4 Å². The lowest BCUT2D eigenvalue weighted by Gasteiger charge is -2.17. The molecule has 0 fully saturated rings. The molecule has 0 bridgehead atoms. The lowest BCUT2D eigenvalue weighted by atomic mass is 10.1. The van der Waals surface area contributed by atoms with Crippen molar-refractivity contribution in [2.24, 2.45) is 0 Å². The Balaban J connectivity index is 1.83. The molecule has 1 atom stereocenters. The van der Waals surface area contributed by atoms with Crippen LogP contribution in [-0.2, 0) is 30.0 Å². The summed E-state index contributed by atoms with van der Waals surface area (Å²) in [4.78, 5) is 57.8. The van der Waals surface area contributed by atoms with Gasteiger partial charge in [-0.3, -0.25) is 9.59 Å². The zero-order chi connectivity index (χ0) is 30.9. The SMILES string of the molecule is CCOC(=O)CCC(NC(=O)c1ccc(Nc2nc3cc(C(F)(F)F)ccc3nc2C(=O)OCC)cc1)C(=O)OCC. The first kappa shape index (κ1) is 31.8. The van der Waals surface area contributed by atoms with Crippen molar-refractivity contribution < 1.29 is 46.6 Å². The minimum absolute atomic E-state index is 0.0292. The molecule has 2 N–H and O–H groups in total. The van der Waals surface area contributed by atoms with Crippen molar-refractivity contribution in [3.8, 4) is 0 Å². The van der Waals surface area contributed by atoms with E-state index in [1.165, 1.54) is 24.3 Å². The number of ether oxygens (including phenoxy) is 3. The Kier molecular flexibility index (Phi) is 10.8. The zero-order valence-electron chi connectivity index (χ0n) is 23.0. The van der Waals surface area contributed by atoms with Crippen LogP contribution in [0.1, 0.15) is 60.0 Å². The molecule has 14 heteroatoms. The first-order valence-electron chi connectivity index (χ1n) is 13.0. The van der Waals surface area contributed by atoms with Crippen LogP contribution < -0.4 is 10.6 Å². The van der Waals surface area contributed by atoms with Crippen molar-refractivity contribution in [1.82, 2.24) is 15.3 Å². The summed E-state index contributed by atoms with van der Waals surface area (Å²) in [5.41, 5.74) is -0.757. The van der Waals surface area contributed by atoms with E-state index >= 15 is 0 Å². The summed E-state index contributed by atoms with van der Waals surface area (Å²) < 4.78 is 54.6. The largest absolute Gasteiger partial charge is 0.466 e. The molecule has 0 aliphatic rings. The van der Waals surface area contributed by atoms with Crippen molar-refractivity contribution >= 4 is 46.4 Å². The summed E-state index contributed by atoms with van der Waals surface area (Å²) >= 11 is 0. The van der Waals surface area contributed by atoms with Crippen molar-refractivity contribution in [1.29, 1.82) is 0 Å². The van der Waals surface area contributed by atoms with Crippen molar-refractivity contribution in [2.45, 2.75) is 45.8 Å². The average molecular weight is 591 g/mol. The molecule has 3 rings (SSSR count). The Bertz CT molecular complexity index is 1450. The summed E-state index contributed by atoms with van der Waals surface area (Å²) in [5.74, 6) is -2.84. The molecule has 1 aromatic heterocycles. The smallest absolute Gasteiger partial charge is 0.416 e. The quantitative estimate of drug-likeness (QED) is 0.227. The lowest BCUT2D eigenvalue weighted by molar-refractivity contribution is -0.147. The van der Waals surface area contributed by atoms with Crippen LogP contribution in [-0.4, -0.2) is 59.6 Å². The van der Waals surface area contributed by atoms with Crippen LogP contribution in [0.15, 0.2) is 42.5 Å². The van der Waals surface area contributed by atoms with E-state index in [4.69, 9.17) is 14.2 Å². The van der Waals surface area contributed by atoms with E-state index in [2.05, 4.69) is 20.6 Å². The van der Waals surface area contributed by atoms with E-state index in [0.717, 1.165) is 18.2 Å². The van der Waals surface area contributed by atoms with Crippen LogP contribution in [0.25, 0.3) is 11.0 Å². The second-order valence-corrected chi connectivity index (χ2v) is 8.67. The van der Waals surface area contributed by atoms with E-state index in [9.17, 15) is 32.3 Å². The normalized spacial score (nSPS) is 11.9. The highest BCUT2D eigenvalue weighted by Crippen LogP contribution is 2.31. The number of carbonyl (C=O) groups excluding carboxylic acids is 4. The maximum atomic E-state index is 13.2. The summed E-state index contributed by atoms with van der Waals surface area (Å²) in [6.45, 7) is 5.12. The highest BCUT2D eigenvalue weighted by Gasteiger charge is 2.31. The minimum atomic E-state index is -4.61. The molecule has 0 aliphatic heterocycles. The molecule has 2 aromatic carbocycles. The topological polar surface area (TPSA) is 146 Å². The molecular formula is C28H29F3N4O7. The van der Waals surface area contributed by atoms with Crippen molar-refractivity contribution in [2.75, 3.05) is 25.1 Å². The van der Waals surface area contributed by atoms with Crippen LogP contribution in [0, 0.1) is 0 Å². The van der Waals surface area contributed by atoms with Crippen molar-refractivity contribution in [3.05, 3.63) is 59.3 Å². The molecule has 0 aliphatic carbocycles. The third-order valence-corrected chi connectivity index (χ3v) is 5.69. The molecule has 11 nitrogen and oxygen atoms in total. The summed E-state index contributed by atoms with van der Waals surface area (Å²) in [7, 11) is 0. The number of benzene rings is 2. The lowest BCUT2D eigenvalue weighted by Crippen LogP contribution is -2.42. The summed E-state index contributed by atoms with van der Waals surface area (Å²) in [5, 5.41) is 5.38. The number of nitrogens with zero attached hydrogens (tertiary/aromatic N) is 2. The highest BCUT2D eigenvalue weighted by molar-refractivity contribution is 5.98. The Morgan fingerprint density at radius 3 is 2.14 bits per heavy atom. The Labute approximate surface area is 238 Å². The number of anilines is 2. The van der Waals surface area contributed by atoms with Crippen LogP contribution >= 0.6 is 0 Å². The van der Waals surface area contributed by atoms with Gasteiger partial charge in [-0.15, -0.1) is 0 Å². The molecule has 0 radical (unpaired) electrons. The number of amides is 1. The monoisotopic (exact) mass is 590 g/mol. The zero-order valence-corrected chi connectivity index (χ0v) is 23.0. The molecule has 0 saturated carbocycles. The second-order valence-electron chi connectivity index (χ2n) is 8.67. The fourth-order valence-corrected chi connectivity index (χ4v) is 3.73.